The monoisotopic (exact) mass is 523 g/mol. The first-order chi connectivity index (χ1) is 16.2. The second kappa shape index (κ2) is 12.1. The minimum absolute atomic E-state index is 0.0261. The van der Waals surface area contributed by atoms with Crippen LogP contribution in [-0.4, -0.2) is 69.0 Å². The maximum Gasteiger partial charge on any atom is 0.490 e. The van der Waals surface area contributed by atoms with Crippen molar-refractivity contribution in [2.75, 3.05) is 36.9 Å². The minimum Gasteiger partial charge on any atom is -0.497 e. The van der Waals surface area contributed by atoms with Crippen molar-refractivity contribution in [2.45, 2.75) is 24.9 Å². The highest BCUT2D eigenvalue weighted by Crippen LogP contribution is 2.30. The molecule has 1 heterocycles. The molecule has 0 fully saturated rings. The number of ether oxygens (including phenoxy) is 2. The van der Waals surface area contributed by atoms with Gasteiger partial charge in [-0.3, -0.25) is 4.72 Å². The Morgan fingerprint density at radius 2 is 1.66 bits per heavy atom. The van der Waals surface area contributed by atoms with E-state index in [4.69, 9.17) is 19.4 Å². The number of carboxylic acid groups (broad SMARTS) is 2. The topological polar surface area (TPSA) is 155 Å². The van der Waals surface area contributed by atoms with Crippen molar-refractivity contribution in [3.8, 4) is 11.5 Å². The molecule has 11 nitrogen and oxygen atoms in total. The molecule has 2 rings (SSSR count). The average molecular weight is 523 g/mol. The third kappa shape index (κ3) is 7.91. The first-order valence-electron chi connectivity index (χ1n) is 9.74. The summed E-state index contributed by atoms with van der Waals surface area (Å²) in [6, 6.07) is 5.60. The molecule has 1 aromatic carbocycles. The van der Waals surface area contributed by atoms with Crippen LogP contribution in [0.15, 0.2) is 35.4 Å². The smallest absolute Gasteiger partial charge is 0.490 e. The van der Waals surface area contributed by atoms with Crippen molar-refractivity contribution < 1.29 is 50.9 Å². The highest BCUT2D eigenvalue weighted by molar-refractivity contribution is 7.92. The van der Waals surface area contributed by atoms with Crippen molar-refractivity contribution >= 4 is 33.5 Å². The summed E-state index contributed by atoms with van der Waals surface area (Å²) < 4.78 is 69.9. The number of nitrogens with one attached hydrogen (secondary N) is 1. The lowest BCUT2D eigenvalue weighted by atomic mass is 10.2. The first kappa shape index (κ1) is 29.3. The maximum absolute atomic E-state index is 12.8. The van der Waals surface area contributed by atoms with Gasteiger partial charge in [0.05, 0.1) is 26.1 Å². The summed E-state index contributed by atoms with van der Waals surface area (Å²) in [5.74, 6) is -3.22. The Balaban J connectivity index is 0.000000762. The molecule has 0 aliphatic rings. The van der Waals surface area contributed by atoms with Gasteiger partial charge in [-0.1, -0.05) is 0 Å². The molecule has 0 amide bonds. The first-order valence-corrected chi connectivity index (χ1v) is 11.2. The van der Waals surface area contributed by atoms with Crippen LogP contribution in [0.4, 0.5) is 24.7 Å². The number of benzene rings is 1. The van der Waals surface area contributed by atoms with Gasteiger partial charge in [0.25, 0.3) is 10.0 Å². The van der Waals surface area contributed by atoms with Crippen LogP contribution in [0.2, 0.25) is 0 Å². The van der Waals surface area contributed by atoms with Gasteiger partial charge < -0.3 is 24.6 Å². The Bertz CT molecular complexity index is 1150. The number of carbonyl (C=O) groups is 2. The molecule has 2 aromatic rings. The molecule has 0 saturated heterocycles. The van der Waals surface area contributed by atoms with Crippen LogP contribution in [0.3, 0.4) is 0 Å². The van der Waals surface area contributed by atoms with E-state index in [9.17, 15) is 31.5 Å². The summed E-state index contributed by atoms with van der Waals surface area (Å²) in [5.41, 5.74) is -0.0697. The second-order valence-corrected chi connectivity index (χ2v) is 8.15. The average Bonchev–Trinajstić information content (AvgIpc) is 2.79. The number of sulfonamides is 1. The number of alkyl halides is 3. The third-order valence-corrected chi connectivity index (χ3v) is 5.72. The molecule has 35 heavy (non-hydrogen) atoms. The van der Waals surface area contributed by atoms with Gasteiger partial charge in [0.1, 0.15) is 27.8 Å². The van der Waals surface area contributed by atoms with Crippen molar-refractivity contribution in [2.24, 2.45) is 0 Å². The Kier molecular flexibility index (Phi) is 10.1. The molecule has 0 bridgehead atoms. The van der Waals surface area contributed by atoms with Crippen LogP contribution in [0.1, 0.15) is 24.2 Å². The summed E-state index contributed by atoms with van der Waals surface area (Å²) in [5, 5.41) is 16.6. The van der Waals surface area contributed by atoms with E-state index in [1.54, 1.807) is 11.0 Å². The summed E-state index contributed by atoms with van der Waals surface area (Å²) in [4.78, 5) is 26.3. The molecule has 1 aromatic heterocycles. The standard InChI is InChI=1S/C18H23N3O6S.C2HF3O2/c1-5-21(6-2)17-14(18(22)23)9-12(11-19-17)20-28(24,25)16-10-13(26-3)7-8-15(16)27-4;3-2(4,5)1(6)7/h7-11,20H,5-6H2,1-4H3,(H,22,23);(H,6,7). The lowest BCUT2D eigenvalue weighted by Crippen LogP contribution is -2.25. The molecule has 0 saturated carbocycles. The van der Waals surface area contributed by atoms with Gasteiger partial charge in [-0.25, -0.2) is 23.0 Å². The predicted octanol–water partition coefficient (Wildman–Crippen LogP) is 3.08. The number of aliphatic carboxylic acids is 1. The predicted molar refractivity (Wildman–Crippen MR) is 119 cm³/mol. The van der Waals surface area contributed by atoms with E-state index < -0.39 is 28.1 Å². The van der Waals surface area contributed by atoms with Crippen molar-refractivity contribution in [1.29, 1.82) is 0 Å². The summed E-state index contributed by atoms with van der Waals surface area (Å²) in [6.07, 6.45) is -3.80. The number of hydrogen-bond acceptors (Lipinski definition) is 8. The minimum atomic E-state index is -5.08. The molecule has 0 aliphatic carbocycles. The van der Waals surface area contributed by atoms with E-state index in [-0.39, 0.29) is 27.7 Å². The second-order valence-electron chi connectivity index (χ2n) is 6.50. The lowest BCUT2D eigenvalue weighted by molar-refractivity contribution is -0.192. The molecule has 0 radical (unpaired) electrons. The Hall–Kier alpha value is -3.75. The highest BCUT2D eigenvalue weighted by atomic mass is 32.2. The van der Waals surface area contributed by atoms with Crippen molar-refractivity contribution in [3.05, 3.63) is 36.0 Å². The van der Waals surface area contributed by atoms with Gasteiger partial charge >= 0.3 is 18.1 Å². The van der Waals surface area contributed by atoms with Crippen LogP contribution < -0.4 is 19.1 Å². The zero-order chi connectivity index (χ0) is 27.0. The number of anilines is 2. The number of halogens is 3. The quantitative estimate of drug-likeness (QED) is 0.446. The third-order valence-electron chi connectivity index (χ3n) is 4.32. The molecular weight excluding hydrogens is 499 g/mol. The van der Waals surface area contributed by atoms with Gasteiger partial charge in [-0.15, -0.1) is 0 Å². The van der Waals surface area contributed by atoms with Crippen LogP contribution in [0.25, 0.3) is 0 Å². The molecule has 15 heteroatoms. The number of hydrogen-bond donors (Lipinski definition) is 3. The van der Waals surface area contributed by atoms with Gasteiger partial charge in [0.15, 0.2) is 0 Å². The molecule has 0 aliphatic heterocycles. The molecule has 0 unspecified atom stereocenters. The Labute approximate surface area is 199 Å². The number of aromatic nitrogens is 1. The molecular formula is C20H24F3N3O8S. The largest absolute Gasteiger partial charge is 0.497 e. The summed E-state index contributed by atoms with van der Waals surface area (Å²) in [6.45, 7) is 4.89. The van der Waals surface area contributed by atoms with Crippen LogP contribution in [0.5, 0.6) is 11.5 Å². The Morgan fingerprint density at radius 3 is 2.09 bits per heavy atom. The fourth-order valence-electron chi connectivity index (χ4n) is 2.65. The summed E-state index contributed by atoms with van der Waals surface area (Å²) >= 11 is 0. The molecule has 3 N–H and O–H groups in total. The Morgan fingerprint density at radius 1 is 1.09 bits per heavy atom. The zero-order valence-electron chi connectivity index (χ0n) is 19.1. The lowest BCUT2D eigenvalue weighted by Gasteiger charge is -2.22. The van der Waals surface area contributed by atoms with Crippen LogP contribution in [0, 0.1) is 0 Å². The number of aromatic carboxylic acids is 1. The van der Waals surface area contributed by atoms with Gasteiger partial charge in [0, 0.05) is 19.2 Å². The van der Waals surface area contributed by atoms with Crippen molar-refractivity contribution in [1.82, 2.24) is 4.98 Å². The van der Waals surface area contributed by atoms with Gasteiger partial charge in [0.2, 0.25) is 0 Å². The molecule has 194 valence electrons. The van der Waals surface area contributed by atoms with Crippen LogP contribution in [-0.2, 0) is 14.8 Å². The summed E-state index contributed by atoms with van der Waals surface area (Å²) in [7, 11) is -1.31. The van der Waals surface area contributed by atoms with Gasteiger partial charge in [-0.05, 0) is 32.0 Å². The fraction of sp³-hybridized carbons (Fsp3) is 0.350. The highest BCUT2D eigenvalue weighted by Gasteiger charge is 2.38. The van der Waals surface area contributed by atoms with Gasteiger partial charge in [-0.2, -0.15) is 13.2 Å². The van der Waals surface area contributed by atoms with E-state index in [1.165, 1.54) is 38.6 Å². The van der Waals surface area contributed by atoms with E-state index in [2.05, 4.69) is 9.71 Å². The zero-order valence-corrected chi connectivity index (χ0v) is 19.9. The number of pyridine rings is 1. The fourth-order valence-corrected chi connectivity index (χ4v) is 3.87. The molecule has 0 atom stereocenters. The van der Waals surface area contributed by atoms with E-state index in [0.717, 1.165) is 0 Å². The van der Waals surface area contributed by atoms with E-state index >= 15 is 0 Å². The van der Waals surface area contributed by atoms with Crippen molar-refractivity contribution in [3.63, 3.8) is 0 Å². The number of carboxylic acids is 2. The van der Waals surface area contributed by atoms with E-state index in [0.29, 0.717) is 18.8 Å². The normalized spacial score (nSPS) is 11.1. The maximum atomic E-state index is 12.8. The van der Waals surface area contributed by atoms with E-state index in [1.807, 2.05) is 13.8 Å². The number of methoxy groups -OCH3 is 2. The SMILES string of the molecule is CCN(CC)c1ncc(NS(=O)(=O)c2cc(OC)ccc2OC)cc1C(=O)O.O=C(O)C(F)(F)F. The number of nitrogens with zero attached hydrogens (tertiary/aromatic N) is 2. The molecule has 0 spiro atoms. The van der Waals surface area contributed by atoms with Crippen LogP contribution >= 0.6 is 0 Å². The number of rotatable bonds is 9.